The summed E-state index contributed by atoms with van der Waals surface area (Å²) in [5.74, 6) is -1.43. The van der Waals surface area contributed by atoms with Crippen molar-refractivity contribution in [2.45, 2.75) is 11.3 Å². The van der Waals surface area contributed by atoms with Crippen molar-refractivity contribution >= 4 is 29.8 Å². The number of ether oxygens (including phenoxy) is 1. The maximum Gasteiger partial charge on any atom is 0.329 e. The van der Waals surface area contributed by atoms with Crippen molar-refractivity contribution in [2.24, 2.45) is 5.10 Å². The van der Waals surface area contributed by atoms with Crippen molar-refractivity contribution in [2.75, 3.05) is 45.6 Å². The Bertz CT molecular complexity index is 586. The van der Waals surface area contributed by atoms with Gasteiger partial charge in [-0.2, -0.15) is 5.10 Å². The van der Waals surface area contributed by atoms with E-state index in [4.69, 9.17) is 4.74 Å². The van der Waals surface area contributed by atoms with E-state index in [-0.39, 0.29) is 0 Å². The average molecular weight is 364 g/mol. The number of amides is 2. The van der Waals surface area contributed by atoms with Gasteiger partial charge < -0.3 is 10.1 Å². The quantitative estimate of drug-likeness (QED) is 0.245. The summed E-state index contributed by atoms with van der Waals surface area (Å²) in [4.78, 5) is 26.8. The fourth-order valence-electron chi connectivity index (χ4n) is 2.32. The number of rotatable bonds is 7. The van der Waals surface area contributed by atoms with Crippen LogP contribution in [0.25, 0.3) is 0 Å². The first kappa shape index (κ1) is 19.4. The summed E-state index contributed by atoms with van der Waals surface area (Å²) in [6.07, 6.45) is 4.31. The summed E-state index contributed by atoms with van der Waals surface area (Å²) in [6.45, 7) is 4.70. The van der Waals surface area contributed by atoms with Crippen molar-refractivity contribution in [3.8, 4) is 0 Å². The number of carbonyl (C=O) groups excluding carboxylic acids is 2. The molecule has 1 fully saturated rings. The monoisotopic (exact) mass is 364 g/mol. The molecule has 1 aromatic carbocycles. The van der Waals surface area contributed by atoms with Crippen LogP contribution in [0.2, 0.25) is 0 Å². The lowest BCUT2D eigenvalue weighted by atomic mass is 10.2. The Hall–Kier alpha value is -1.90. The number of nitrogens with zero attached hydrogens (tertiary/aromatic N) is 2. The van der Waals surface area contributed by atoms with Crippen LogP contribution in [0.3, 0.4) is 0 Å². The van der Waals surface area contributed by atoms with Crippen molar-refractivity contribution in [3.05, 3.63) is 29.8 Å². The molecule has 1 aromatic rings. The first-order valence-electron chi connectivity index (χ1n) is 8.24. The Balaban J connectivity index is 1.62. The average Bonchev–Trinajstić information content (AvgIpc) is 2.66. The van der Waals surface area contributed by atoms with Gasteiger partial charge >= 0.3 is 11.8 Å². The largest absolute Gasteiger partial charge is 0.379 e. The Kier molecular flexibility index (Phi) is 8.44. The first-order chi connectivity index (χ1) is 12.2. The zero-order valence-electron chi connectivity index (χ0n) is 14.4. The molecule has 0 radical (unpaired) electrons. The van der Waals surface area contributed by atoms with Gasteiger partial charge in [0.15, 0.2) is 0 Å². The standard InChI is InChI=1S/C17H24N4O3S/c1-25-15-5-3-14(4-6-15)13-19-20-17(23)16(22)18-7-2-8-21-9-11-24-12-10-21/h3-6,13H,2,7-12H2,1H3,(H,18,22)(H,20,23)/b19-13-. The predicted molar refractivity (Wildman–Crippen MR) is 98.8 cm³/mol. The van der Waals surface area contributed by atoms with Gasteiger partial charge in [-0.15, -0.1) is 11.8 Å². The van der Waals surface area contributed by atoms with Crippen molar-refractivity contribution in [1.29, 1.82) is 0 Å². The third-order valence-electron chi connectivity index (χ3n) is 3.74. The normalized spacial score (nSPS) is 15.2. The Morgan fingerprint density at radius 2 is 1.96 bits per heavy atom. The fraction of sp³-hybridized carbons (Fsp3) is 0.471. The van der Waals surface area contributed by atoms with Crippen LogP contribution in [-0.4, -0.2) is 68.6 Å². The van der Waals surface area contributed by atoms with Gasteiger partial charge in [-0.05, 0) is 36.9 Å². The smallest absolute Gasteiger partial charge is 0.329 e. The van der Waals surface area contributed by atoms with Crippen LogP contribution in [0.5, 0.6) is 0 Å². The molecule has 0 aliphatic carbocycles. The Labute approximate surface area is 152 Å². The lowest BCUT2D eigenvalue weighted by Gasteiger charge is -2.26. The molecule has 0 atom stereocenters. The lowest BCUT2D eigenvalue weighted by molar-refractivity contribution is -0.139. The number of hydrogen-bond donors (Lipinski definition) is 2. The maximum atomic E-state index is 11.7. The van der Waals surface area contributed by atoms with Crippen molar-refractivity contribution in [3.63, 3.8) is 0 Å². The highest BCUT2D eigenvalue weighted by Crippen LogP contribution is 2.13. The molecule has 25 heavy (non-hydrogen) atoms. The van der Waals surface area contributed by atoms with Gasteiger partial charge in [-0.3, -0.25) is 14.5 Å². The fourth-order valence-corrected chi connectivity index (χ4v) is 2.72. The molecule has 8 heteroatoms. The van der Waals surface area contributed by atoms with Crippen LogP contribution < -0.4 is 10.7 Å². The minimum Gasteiger partial charge on any atom is -0.379 e. The van der Waals surface area contributed by atoms with Gasteiger partial charge in [0.05, 0.1) is 19.4 Å². The van der Waals surface area contributed by atoms with Crippen molar-refractivity contribution in [1.82, 2.24) is 15.6 Å². The summed E-state index contributed by atoms with van der Waals surface area (Å²) < 4.78 is 5.28. The summed E-state index contributed by atoms with van der Waals surface area (Å²) in [5, 5.41) is 6.41. The molecule has 2 N–H and O–H groups in total. The zero-order valence-corrected chi connectivity index (χ0v) is 15.2. The second-order valence-electron chi connectivity index (χ2n) is 5.54. The summed E-state index contributed by atoms with van der Waals surface area (Å²) in [6, 6.07) is 7.73. The van der Waals surface area contributed by atoms with E-state index in [1.54, 1.807) is 11.8 Å². The third-order valence-corrected chi connectivity index (χ3v) is 4.49. The number of benzene rings is 1. The molecule has 1 saturated heterocycles. The molecule has 0 saturated carbocycles. The van der Waals surface area contributed by atoms with Gasteiger partial charge in [0, 0.05) is 24.5 Å². The molecule has 1 aliphatic heterocycles. The number of hydrogen-bond acceptors (Lipinski definition) is 6. The topological polar surface area (TPSA) is 83.0 Å². The predicted octanol–water partition coefficient (Wildman–Crippen LogP) is 0.697. The molecular formula is C17H24N4O3S. The zero-order chi connectivity index (χ0) is 17.9. The summed E-state index contributed by atoms with van der Waals surface area (Å²) >= 11 is 1.65. The highest BCUT2D eigenvalue weighted by molar-refractivity contribution is 7.98. The van der Waals surface area contributed by atoms with Crippen LogP contribution >= 0.6 is 11.8 Å². The highest BCUT2D eigenvalue weighted by atomic mass is 32.2. The lowest BCUT2D eigenvalue weighted by Crippen LogP contribution is -2.40. The molecule has 1 heterocycles. The SMILES string of the molecule is CSc1ccc(/C=N\NC(=O)C(=O)NCCCN2CCOCC2)cc1. The summed E-state index contributed by atoms with van der Waals surface area (Å²) in [5.41, 5.74) is 3.09. The minimum absolute atomic E-state index is 0.462. The number of hydrazone groups is 1. The molecule has 136 valence electrons. The van der Waals surface area contributed by atoms with Gasteiger partial charge in [-0.1, -0.05) is 12.1 Å². The van der Waals surface area contributed by atoms with Crippen molar-refractivity contribution < 1.29 is 14.3 Å². The van der Waals surface area contributed by atoms with E-state index >= 15 is 0 Å². The third kappa shape index (κ3) is 7.25. The van der Waals surface area contributed by atoms with E-state index in [0.717, 1.165) is 49.7 Å². The van der Waals surface area contributed by atoms with Crippen LogP contribution in [-0.2, 0) is 14.3 Å². The van der Waals surface area contributed by atoms with Crippen LogP contribution in [0, 0.1) is 0 Å². The molecule has 2 rings (SSSR count). The Morgan fingerprint density at radius 1 is 1.24 bits per heavy atom. The van der Waals surface area contributed by atoms with E-state index in [9.17, 15) is 9.59 Å². The number of carbonyl (C=O) groups is 2. The van der Waals surface area contributed by atoms with Gasteiger partial charge in [0.1, 0.15) is 0 Å². The van der Waals surface area contributed by atoms with Gasteiger partial charge in [-0.25, -0.2) is 5.43 Å². The number of nitrogens with one attached hydrogen (secondary N) is 2. The van der Waals surface area contributed by atoms with Gasteiger partial charge in [0.25, 0.3) is 0 Å². The summed E-state index contributed by atoms with van der Waals surface area (Å²) in [7, 11) is 0. The van der Waals surface area contributed by atoms with E-state index in [0.29, 0.717) is 6.54 Å². The molecule has 7 nitrogen and oxygen atoms in total. The highest BCUT2D eigenvalue weighted by Gasteiger charge is 2.13. The first-order valence-corrected chi connectivity index (χ1v) is 9.47. The molecule has 0 aromatic heterocycles. The maximum absolute atomic E-state index is 11.7. The number of thioether (sulfide) groups is 1. The molecule has 1 aliphatic rings. The van der Waals surface area contributed by atoms with E-state index < -0.39 is 11.8 Å². The van der Waals surface area contributed by atoms with Crippen LogP contribution in [0.15, 0.2) is 34.3 Å². The van der Waals surface area contributed by atoms with Crippen LogP contribution in [0.4, 0.5) is 0 Å². The number of morpholine rings is 1. The van der Waals surface area contributed by atoms with E-state index in [2.05, 4.69) is 20.7 Å². The molecule has 0 bridgehead atoms. The second kappa shape index (κ2) is 10.9. The molecule has 2 amide bonds. The van der Waals surface area contributed by atoms with Crippen LogP contribution in [0.1, 0.15) is 12.0 Å². The van der Waals surface area contributed by atoms with E-state index in [1.807, 2.05) is 30.5 Å². The minimum atomic E-state index is -0.761. The molecular weight excluding hydrogens is 340 g/mol. The second-order valence-corrected chi connectivity index (χ2v) is 6.42. The van der Waals surface area contributed by atoms with Gasteiger partial charge in [0.2, 0.25) is 0 Å². The molecule has 0 spiro atoms. The Morgan fingerprint density at radius 3 is 2.64 bits per heavy atom. The molecule has 0 unspecified atom stereocenters. The van der Waals surface area contributed by atoms with E-state index in [1.165, 1.54) is 6.21 Å².